The zero-order valence-electron chi connectivity index (χ0n) is 15.8. The molecule has 0 saturated heterocycles. The number of hydrogen-bond donors (Lipinski definition) is 1. The Morgan fingerprint density at radius 1 is 0.966 bits per heavy atom. The Morgan fingerprint density at radius 3 is 2.48 bits per heavy atom. The molecule has 0 fully saturated rings. The minimum Gasteiger partial charge on any atom is -0.350 e. The van der Waals surface area contributed by atoms with Crippen LogP contribution >= 0.6 is 22.9 Å². The summed E-state index contributed by atoms with van der Waals surface area (Å²) in [7, 11) is 0. The van der Waals surface area contributed by atoms with E-state index < -0.39 is 0 Å². The molecule has 1 N–H and O–H groups in total. The molecule has 1 aromatic heterocycles. The molecule has 146 valence electrons. The monoisotopic (exact) mass is 422 g/mol. The molecule has 1 aliphatic heterocycles. The Morgan fingerprint density at radius 2 is 1.76 bits per heavy atom. The average Bonchev–Trinajstić information content (AvgIpc) is 3.32. The van der Waals surface area contributed by atoms with Crippen LogP contribution in [-0.4, -0.2) is 23.3 Å². The van der Waals surface area contributed by atoms with Gasteiger partial charge in [0.1, 0.15) is 5.70 Å². The minimum absolute atomic E-state index is 0.268. The van der Waals surface area contributed by atoms with Crippen molar-refractivity contribution in [2.24, 2.45) is 0 Å². The second kappa shape index (κ2) is 8.23. The Kier molecular flexibility index (Phi) is 5.51. The molecule has 2 amide bonds. The van der Waals surface area contributed by atoms with Gasteiger partial charge in [0.2, 0.25) is 0 Å². The summed E-state index contributed by atoms with van der Waals surface area (Å²) in [5.41, 5.74) is 3.34. The summed E-state index contributed by atoms with van der Waals surface area (Å²) in [4.78, 5) is 28.5. The smallest absolute Gasteiger partial charge is 0.278 e. The first kappa shape index (κ1) is 19.4. The van der Waals surface area contributed by atoms with Crippen LogP contribution in [0.2, 0.25) is 5.02 Å². The largest absolute Gasteiger partial charge is 0.350 e. The molecule has 4 nitrogen and oxygen atoms in total. The van der Waals surface area contributed by atoms with E-state index >= 15 is 0 Å². The lowest BCUT2D eigenvalue weighted by molar-refractivity contribution is -0.136. The Labute approximate surface area is 178 Å². The summed E-state index contributed by atoms with van der Waals surface area (Å²) in [5, 5.41) is 5.69. The van der Waals surface area contributed by atoms with Gasteiger partial charge in [-0.3, -0.25) is 14.5 Å². The number of nitrogens with one attached hydrogen (secondary N) is 1. The predicted octanol–water partition coefficient (Wildman–Crippen LogP) is 5.14. The SMILES string of the molecule is Cc1c(Cl)cccc1NC1=C(c2cccs2)C(=O)N(CCc2ccccc2)C1=O. The van der Waals surface area contributed by atoms with E-state index in [1.165, 1.54) is 16.2 Å². The third kappa shape index (κ3) is 3.84. The molecular formula is C23H19ClN2O2S. The molecule has 2 aromatic carbocycles. The maximum Gasteiger partial charge on any atom is 0.278 e. The van der Waals surface area contributed by atoms with Gasteiger partial charge in [0.05, 0.1) is 5.57 Å². The van der Waals surface area contributed by atoms with Gasteiger partial charge in [-0.15, -0.1) is 11.3 Å². The fourth-order valence-corrected chi connectivity index (χ4v) is 4.25. The van der Waals surface area contributed by atoms with Gasteiger partial charge >= 0.3 is 0 Å². The molecule has 0 saturated carbocycles. The summed E-state index contributed by atoms with van der Waals surface area (Å²) in [6.45, 7) is 2.21. The van der Waals surface area contributed by atoms with Crippen LogP contribution in [-0.2, 0) is 16.0 Å². The quantitative estimate of drug-likeness (QED) is 0.559. The number of thiophene rings is 1. The van der Waals surface area contributed by atoms with Gasteiger partial charge < -0.3 is 5.32 Å². The van der Waals surface area contributed by atoms with Gasteiger partial charge in [-0.2, -0.15) is 0 Å². The molecule has 29 heavy (non-hydrogen) atoms. The van der Waals surface area contributed by atoms with Gasteiger partial charge in [0.25, 0.3) is 11.8 Å². The lowest BCUT2D eigenvalue weighted by Crippen LogP contribution is -2.34. The van der Waals surface area contributed by atoms with E-state index in [1.807, 2.05) is 66.9 Å². The van der Waals surface area contributed by atoms with Crippen LogP contribution in [0, 0.1) is 6.92 Å². The van der Waals surface area contributed by atoms with Crippen molar-refractivity contribution in [1.29, 1.82) is 0 Å². The first-order valence-corrected chi connectivity index (χ1v) is 10.5. The number of rotatable bonds is 6. The predicted molar refractivity (Wildman–Crippen MR) is 118 cm³/mol. The molecule has 0 aliphatic carbocycles. The average molecular weight is 423 g/mol. The van der Waals surface area contributed by atoms with E-state index in [2.05, 4.69) is 5.32 Å². The van der Waals surface area contributed by atoms with E-state index in [0.717, 1.165) is 16.0 Å². The molecule has 3 aromatic rings. The molecule has 0 atom stereocenters. The topological polar surface area (TPSA) is 49.4 Å². The van der Waals surface area contributed by atoms with Gasteiger partial charge in [-0.1, -0.05) is 54.1 Å². The second-order valence-electron chi connectivity index (χ2n) is 6.76. The van der Waals surface area contributed by atoms with Crippen LogP contribution < -0.4 is 5.32 Å². The van der Waals surface area contributed by atoms with Gasteiger partial charge in [0.15, 0.2) is 0 Å². The number of amides is 2. The number of carbonyl (C=O) groups excluding carboxylic acids is 2. The minimum atomic E-state index is -0.311. The normalized spacial score (nSPS) is 14.1. The molecule has 2 heterocycles. The van der Waals surface area contributed by atoms with E-state index in [0.29, 0.717) is 34.9 Å². The number of nitrogens with zero attached hydrogens (tertiary/aromatic N) is 1. The van der Waals surface area contributed by atoms with Crippen molar-refractivity contribution in [1.82, 2.24) is 4.90 Å². The van der Waals surface area contributed by atoms with Crippen LogP contribution in [0.25, 0.3) is 5.57 Å². The second-order valence-corrected chi connectivity index (χ2v) is 8.12. The van der Waals surface area contributed by atoms with Gasteiger partial charge in [-0.25, -0.2) is 0 Å². The molecule has 0 spiro atoms. The Bertz CT molecular complexity index is 1090. The summed E-state index contributed by atoms with van der Waals surface area (Å²) in [6.07, 6.45) is 0.611. The summed E-state index contributed by atoms with van der Waals surface area (Å²) in [6, 6.07) is 19.0. The van der Waals surface area contributed by atoms with Crippen molar-refractivity contribution >= 4 is 46.0 Å². The lowest BCUT2D eigenvalue weighted by atomic mass is 10.1. The summed E-state index contributed by atoms with van der Waals surface area (Å²) < 4.78 is 0. The van der Waals surface area contributed by atoms with Crippen molar-refractivity contribution in [2.75, 3.05) is 11.9 Å². The van der Waals surface area contributed by atoms with E-state index in [-0.39, 0.29) is 11.8 Å². The molecule has 1 aliphatic rings. The maximum atomic E-state index is 13.2. The maximum absolute atomic E-state index is 13.2. The van der Waals surface area contributed by atoms with E-state index in [4.69, 9.17) is 11.6 Å². The molecular weight excluding hydrogens is 404 g/mol. The third-order valence-electron chi connectivity index (χ3n) is 4.93. The van der Waals surface area contributed by atoms with Crippen LogP contribution in [0.3, 0.4) is 0 Å². The zero-order valence-corrected chi connectivity index (χ0v) is 17.4. The highest BCUT2D eigenvalue weighted by atomic mass is 35.5. The lowest BCUT2D eigenvalue weighted by Gasteiger charge is -2.16. The fourth-order valence-electron chi connectivity index (χ4n) is 3.31. The van der Waals surface area contributed by atoms with Crippen molar-refractivity contribution in [2.45, 2.75) is 13.3 Å². The number of halogens is 1. The van der Waals surface area contributed by atoms with Crippen molar-refractivity contribution in [3.63, 3.8) is 0 Å². The number of benzene rings is 2. The van der Waals surface area contributed by atoms with Crippen molar-refractivity contribution < 1.29 is 9.59 Å². The highest BCUT2D eigenvalue weighted by molar-refractivity contribution is 7.11. The number of imide groups is 1. The highest BCUT2D eigenvalue weighted by Gasteiger charge is 2.39. The van der Waals surface area contributed by atoms with Crippen molar-refractivity contribution in [3.8, 4) is 0 Å². The Hall–Kier alpha value is -2.89. The zero-order chi connectivity index (χ0) is 20.4. The fraction of sp³-hybridized carbons (Fsp3) is 0.130. The van der Waals surface area contributed by atoms with E-state index in [9.17, 15) is 9.59 Å². The third-order valence-corrected chi connectivity index (χ3v) is 6.23. The molecule has 0 radical (unpaired) electrons. The van der Waals surface area contributed by atoms with Gasteiger partial charge in [-0.05, 0) is 48.1 Å². The number of hydrogen-bond acceptors (Lipinski definition) is 4. The van der Waals surface area contributed by atoms with Crippen LogP contribution in [0.4, 0.5) is 5.69 Å². The highest BCUT2D eigenvalue weighted by Crippen LogP contribution is 2.34. The molecule has 0 bridgehead atoms. The summed E-state index contributed by atoms with van der Waals surface area (Å²) in [5.74, 6) is -0.579. The standard InChI is InChI=1S/C23H19ClN2O2S/c1-15-17(24)9-5-10-18(15)25-21-20(19-11-6-14-29-19)22(27)26(23(21)28)13-12-16-7-3-2-4-8-16/h2-11,14,25H,12-13H2,1H3. The number of anilines is 1. The van der Waals surface area contributed by atoms with Crippen LogP contribution in [0.15, 0.2) is 71.7 Å². The molecule has 0 unspecified atom stereocenters. The number of carbonyl (C=O) groups is 2. The Balaban J connectivity index is 1.66. The first-order chi connectivity index (χ1) is 14.1. The van der Waals surface area contributed by atoms with Crippen LogP contribution in [0.1, 0.15) is 16.0 Å². The first-order valence-electron chi connectivity index (χ1n) is 9.26. The van der Waals surface area contributed by atoms with Crippen LogP contribution in [0.5, 0.6) is 0 Å². The molecule has 4 rings (SSSR count). The summed E-state index contributed by atoms with van der Waals surface area (Å²) >= 11 is 7.67. The van der Waals surface area contributed by atoms with E-state index in [1.54, 1.807) is 6.07 Å². The van der Waals surface area contributed by atoms with Gasteiger partial charge in [0, 0.05) is 22.1 Å². The van der Waals surface area contributed by atoms with Crippen molar-refractivity contribution in [3.05, 3.63) is 92.8 Å². The molecule has 6 heteroatoms.